The second-order valence-corrected chi connectivity index (χ2v) is 6.93. The van der Waals surface area contributed by atoms with E-state index < -0.39 is 0 Å². The van der Waals surface area contributed by atoms with Gasteiger partial charge in [-0.15, -0.1) is 0 Å². The molecule has 0 N–H and O–H groups in total. The highest BCUT2D eigenvalue weighted by Crippen LogP contribution is 2.15. The zero-order chi connectivity index (χ0) is 19.2. The molecule has 138 valence electrons. The molecular weight excluding hydrogens is 362 g/mol. The Kier molecular flexibility index (Phi) is 6.10. The first-order valence-electron chi connectivity index (χ1n) is 8.88. The summed E-state index contributed by atoms with van der Waals surface area (Å²) in [6, 6.07) is 16.3. The molecule has 0 bridgehead atoms. The number of carbonyl (C=O) groups excluding carboxylic acids is 2. The molecule has 6 heteroatoms. The van der Waals surface area contributed by atoms with E-state index >= 15 is 0 Å². The van der Waals surface area contributed by atoms with Crippen molar-refractivity contribution in [1.29, 1.82) is 5.26 Å². The van der Waals surface area contributed by atoms with Crippen LogP contribution in [0.4, 0.5) is 0 Å². The third-order valence-electron chi connectivity index (χ3n) is 4.70. The van der Waals surface area contributed by atoms with Crippen molar-refractivity contribution in [1.82, 2.24) is 9.80 Å². The van der Waals surface area contributed by atoms with Gasteiger partial charge in [0.1, 0.15) is 0 Å². The van der Waals surface area contributed by atoms with E-state index in [0.717, 1.165) is 5.56 Å². The van der Waals surface area contributed by atoms with Gasteiger partial charge in [0.15, 0.2) is 0 Å². The minimum absolute atomic E-state index is 0.0535. The van der Waals surface area contributed by atoms with Crippen LogP contribution >= 0.6 is 11.6 Å². The number of nitriles is 1. The Morgan fingerprint density at radius 1 is 1.00 bits per heavy atom. The number of hydrogen-bond acceptors (Lipinski definition) is 3. The van der Waals surface area contributed by atoms with E-state index in [4.69, 9.17) is 16.9 Å². The third-order valence-corrected chi connectivity index (χ3v) is 4.94. The van der Waals surface area contributed by atoms with E-state index in [1.165, 1.54) is 0 Å². The average Bonchev–Trinajstić information content (AvgIpc) is 2.72. The van der Waals surface area contributed by atoms with Crippen molar-refractivity contribution in [3.63, 3.8) is 0 Å². The third kappa shape index (κ3) is 4.87. The molecule has 0 aliphatic carbocycles. The summed E-state index contributed by atoms with van der Waals surface area (Å²) < 4.78 is 0. The van der Waals surface area contributed by atoms with Gasteiger partial charge < -0.3 is 9.80 Å². The lowest BCUT2D eigenvalue weighted by molar-refractivity contribution is -0.132. The summed E-state index contributed by atoms with van der Waals surface area (Å²) in [6.45, 7) is 2.12. The van der Waals surface area contributed by atoms with E-state index in [1.54, 1.807) is 41.3 Å². The van der Waals surface area contributed by atoms with Crippen LogP contribution < -0.4 is 0 Å². The molecule has 0 unspecified atom stereocenters. The number of rotatable bonds is 4. The van der Waals surface area contributed by atoms with E-state index in [2.05, 4.69) is 6.07 Å². The molecule has 0 atom stereocenters. The monoisotopic (exact) mass is 381 g/mol. The summed E-state index contributed by atoms with van der Waals surface area (Å²) >= 11 is 5.96. The van der Waals surface area contributed by atoms with Crippen LogP contribution in [0.1, 0.15) is 27.9 Å². The van der Waals surface area contributed by atoms with Crippen molar-refractivity contribution >= 4 is 23.4 Å². The summed E-state index contributed by atoms with van der Waals surface area (Å²) in [6.07, 6.45) is 1.07. The average molecular weight is 382 g/mol. The number of benzene rings is 2. The van der Waals surface area contributed by atoms with Crippen LogP contribution in [0.15, 0.2) is 48.5 Å². The fourth-order valence-electron chi connectivity index (χ4n) is 3.12. The van der Waals surface area contributed by atoms with Crippen molar-refractivity contribution in [2.45, 2.75) is 12.8 Å². The standard InChI is InChI=1S/C21H20ClN3O2/c22-19-3-1-2-18(14-19)21(27)25-12-10-24(11-13-25)20(26)9-8-16-4-6-17(15-23)7-5-16/h1-7,14H,8-13H2. The Morgan fingerprint density at radius 2 is 1.67 bits per heavy atom. The highest BCUT2D eigenvalue weighted by atomic mass is 35.5. The SMILES string of the molecule is N#Cc1ccc(CCC(=O)N2CCN(C(=O)c3cccc(Cl)c3)CC2)cc1. The molecule has 27 heavy (non-hydrogen) atoms. The van der Waals surface area contributed by atoms with Gasteiger partial charge in [-0.05, 0) is 42.3 Å². The predicted octanol–water partition coefficient (Wildman–Crippen LogP) is 3.13. The van der Waals surface area contributed by atoms with Gasteiger partial charge >= 0.3 is 0 Å². The van der Waals surface area contributed by atoms with Gasteiger partial charge in [0.2, 0.25) is 5.91 Å². The summed E-state index contributed by atoms with van der Waals surface area (Å²) in [5.41, 5.74) is 2.23. The molecular formula is C21H20ClN3O2. The molecule has 1 aliphatic heterocycles. The number of carbonyl (C=O) groups is 2. The van der Waals surface area contributed by atoms with Gasteiger partial charge in [-0.25, -0.2) is 0 Å². The lowest BCUT2D eigenvalue weighted by Gasteiger charge is -2.35. The maximum atomic E-state index is 12.5. The highest BCUT2D eigenvalue weighted by molar-refractivity contribution is 6.30. The zero-order valence-electron chi connectivity index (χ0n) is 14.9. The van der Waals surface area contributed by atoms with Crippen molar-refractivity contribution in [2.75, 3.05) is 26.2 Å². The summed E-state index contributed by atoms with van der Waals surface area (Å²) in [5, 5.41) is 9.36. The number of hydrogen-bond donors (Lipinski definition) is 0. The smallest absolute Gasteiger partial charge is 0.254 e. The molecule has 0 aromatic heterocycles. The number of piperazine rings is 1. The van der Waals surface area contributed by atoms with Crippen molar-refractivity contribution in [3.05, 3.63) is 70.2 Å². The van der Waals surface area contributed by atoms with Crippen molar-refractivity contribution in [2.24, 2.45) is 0 Å². The maximum absolute atomic E-state index is 12.5. The first-order valence-corrected chi connectivity index (χ1v) is 9.26. The molecule has 1 aliphatic rings. The van der Waals surface area contributed by atoms with Crippen molar-refractivity contribution < 1.29 is 9.59 Å². The molecule has 0 radical (unpaired) electrons. The molecule has 0 saturated carbocycles. The molecule has 5 nitrogen and oxygen atoms in total. The van der Waals surface area contributed by atoms with Crippen LogP contribution in [0.5, 0.6) is 0 Å². The lowest BCUT2D eigenvalue weighted by atomic mass is 10.1. The second kappa shape index (κ2) is 8.70. The Hall–Kier alpha value is -2.84. The van der Waals surface area contributed by atoms with Gasteiger partial charge in [0.05, 0.1) is 11.6 Å². The topological polar surface area (TPSA) is 64.4 Å². The Bertz CT molecular complexity index is 866. The van der Waals surface area contributed by atoms with Gasteiger partial charge in [-0.1, -0.05) is 29.8 Å². The van der Waals surface area contributed by atoms with Crippen LogP contribution in [-0.4, -0.2) is 47.8 Å². The Morgan fingerprint density at radius 3 is 2.30 bits per heavy atom. The van der Waals surface area contributed by atoms with Crippen LogP contribution in [0.25, 0.3) is 0 Å². The fraction of sp³-hybridized carbons (Fsp3) is 0.286. The minimum Gasteiger partial charge on any atom is -0.339 e. The molecule has 2 amide bonds. The summed E-state index contributed by atoms with van der Waals surface area (Å²) in [5.74, 6) is 0.0383. The fourth-order valence-corrected chi connectivity index (χ4v) is 3.31. The van der Waals surface area contributed by atoms with E-state index in [9.17, 15) is 9.59 Å². The van der Waals surface area contributed by atoms with Crippen molar-refractivity contribution in [3.8, 4) is 6.07 Å². The molecule has 1 saturated heterocycles. The minimum atomic E-state index is -0.0535. The zero-order valence-corrected chi connectivity index (χ0v) is 15.7. The summed E-state index contributed by atoms with van der Waals surface area (Å²) in [7, 11) is 0. The largest absolute Gasteiger partial charge is 0.339 e. The lowest BCUT2D eigenvalue weighted by Crippen LogP contribution is -2.50. The first kappa shape index (κ1) is 18.9. The van der Waals surface area contributed by atoms with Crippen LogP contribution in [0.3, 0.4) is 0 Å². The van der Waals surface area contributed by atoms with Gasteiger partial charge in [-0.2, -0.15) is 5.26 Å². The van der Waals surface area contributed by atoms with Crippen LogP contribution in [0, 0.1) is 11.3 Å². The molecule has 1 heterocycles. The normalized spacial score (nSPS) is 13.9. The first-order chi connectivity index (χ1) is 13.1. The van der Waals surface area contributed by atoms with E-state index in [1.807, 2.05) is 17.0 Å². The summed E-state index contributed by atoms with van der Waals surface area (Å²) in [4.78, 5) is 28.5. The van der Waals surface area contributed by atoms with E-state index in [-0.39, 0.29) is 11.8 Å². The molecule has 3 rings (SSSR count). The van der Waals surface area contributed by atoms with Crippen LogP contribution in [0.2, 0.25) is 5.02 Å². The number of nitrogens with zero attached hydrogens (tertiary/aromatic N) is 3. The Labute approximate surface area is 163 Å². The molecule has 0 spiro atoms. The maximum Gasteiger partial charge on any atom is 0.254 e. The number of halogens is 1. The molecule has 1 fully saturated rings. The highest BCUT2D eigenvalue weighted by Gasteiger charge is 2.24. The number of aryl methyl sites for hydroxylation is 1. The van der Waals surface area contributed by atoms with E-state index in [0.29, 0.717) is 55.2 Å². The van der Waals surface area contributed by atoms with Gasteiger partial charge in [0, 0.05) is 43.2 Å². The number of amides is 2. The Balaban J connectivity index is 1.48. The quantitative estimate of drug-likeness (QED) is 0.817. The van der Waals surface area contributed by atoms with Gasteiger partial charge in [0.25, 0.3) is 5.91 Å². The second-order valence-electron chi connectivity index (χ2n) is 6.49. The molecule has 2 aromatic carbocycles. The van der Waals surface area contributed by atoms with Crippen LogP contribution in [-0.2, 0) is 11.2 Å². The molecule has 2 aromatic rings. The van der Waals surface area contributed by atoms with Gasteiger partial charge in [-0.3, -0.25) is 9.59 Å². The predicted molar refractivity (Wildman–Crippen MR) is 103 cm³/mol.